The van der Waals surface area contributed by atoms with Crippen LogP contribution in [0.1, 0.15) is 35.8 Å². The molecule has 2 N–H and O–H groups in total. The fourth-order valence-corrected chi connectivity index (χ4v) is 2.60. The van der Waals surface area contributed by atoms with E-state index in [1.165, 1.54) is 11.1 Å². The summed E-state index contributed by atoms with van der Waals surface area (Å²) in [6.07, 6.45) is 7.05. The van der Waals surface area contributed by atoms with E-state index in [1.54, 1.807) is 6.20 Å². The van der Waals surface area contributed by atoms with Crippen molar-refractivity contribution >= 4 is 0 Å². The number of rotatable bonds is 3. The Morgan fingerprint density at radius 3 is 3.16 bits per heavy atom. The van der Waals surface area contributed by atoms with Gasteiger partial charge in [0.1, 0.15) is 18.2 Å². The number of imidazole rings is 1. The Morgan fingerprint density at radius 1 is 1.47 bits per heavy atom. The zero-order valence-electron chi connectivity index (χ0n) is 11.2. The standard InChI is InChI=1S/C15H19N3O/c1-18-8-7-17-15(18)10-19-12-5-6-13-11(9-12)3-2-4-14(13)16/h5-9,14H,2-4,10,16H2,1H3. The van der Waals surface area contributed by atoms with Crippen molar-refractivity contribution in [1.29, 1.82) is 0 Å². The van der Waals surface area contributed by atoms with Crippen molar-refractivity contribution in [1.82, 2.24) is 9.55 Å². The van der Waals surface area contributed by atoms with E-state index >= 15 is 0 Å². The van der Waals surface area contributed by atoms with Gasteiger partial charge in [0.15, 0.2) is 0 Å². The lowest BCUT2D eigenvalue weighted by Gasteiger charge is -2.22. The predicted molar refractivity (Wildman–Crippen MR) is 73.8 cm³/mol. The van der Waals surface area contributed by atoms with Gasteiger partial charge in [0.2, 0.25) is 0 Å². The highest BCUT2D eigenvalue weighted by Crippen LogP contribution is 2.30. The third-order valence-electron chi connectivity index (χ3n) is 3.76. The van der Waals surface area contributed by atoms with E-state index in [-0.39, 0.29) is 6.04 Å². The summed E-state index contributed by atoms with van der Waals surface area (Å²) in [7, 11) is 1.97. The van der Waals surface area contributed by atoms with Gasteiger partial charge >= 0.3 is 0 Å². The molecular formula is C15H19N3O. The fraction of sp³-hybridized carbons (Fsp3) is 0.400. The minimum atomic E-state index is 0.187. The highest BCUT2D eigenvalue weighted by atomic mass is 16.5. The lowest BCUT2D eigenvalue weighted by molar-refractivity contribution is 0.291. The SMILES string of the molecule is Cn1ccnc1COc1ccc2c(c1)CCCC2N. The molecule has 1 heterocycles. The van der Waals surface area contributed by atoms with Crippen molar-refractivity contribution in [3.05, 3.63) is 47.5 Å². The number of aromatic nitrogens is 2. The maximum atomic E-state index is 6.11. The Morgan fingerprint density at radius 2 is 2.37 bits per heavy atom. The normalized spacial score (nSPS) is 18.1. The van der Waals surface area contributed by atoms with Gasteiger partial charge in [0, 0.05) is 25.5 Å². The zero-order chi connectivity index (χ0) is 13.2. The van der Waals surface area contributed by atoms with Crippen LogP contribution in [0.5, 0.6) is 5.75 Å². The summed E-state index contributed by atoms with van der Waals surface area (Å²) in [4.78, 5) is 4.25. The first-order valence-corrected chi connectivity index (χ1v) is 6.71. The molecule has 1 aliphatic carbocycles. The summed E-state index contributed by atoms with van der Waals surface area (Å²) in [6.45, 7) is 0.494. The molecule has 19 heavy (non-hydrogen) atoms. The molecule has 1 aromatic carbocycles. The summed E-state index contributed by atoms with van der Waals surface area (Å²) in [6, 6.07) is 6.42. The first-order valence-electron chi connectivity index (χ1n) is 6.71. The maximum absolute atomic E-state index is 6.11. The van der Waals surface area contributed by atoms with Crippen molar-refractivity contribution in [2.24, 2.45) is 12.8 Å². The van der Waals surface area contributed by atoms with Crippen LogP contribution >= 0.6 is 0 Å². The van der Waals surface area contributed by atoms with Crippen LogP contribution < -0.4 is 10.5 Å². The molecule has 4 nitrogen and oxygen atoms in total. The molecule has 0 fully saturated rings. The maximum Gasteiger partial charge on any atom is 0.146 e. The Labute approximate surface area is 113 Å². The number of hydrogen-bond donors (Lipinski definition) is 1. The summed E-state index contributed by atoms with van der Waals surface area (Å²) in [5.74, 6) is 1.82. The molecule has 1 aromatic heterocycles. The highest BCUT2D eigenvalue weighted by Gasteiger charge is 2.17. The molecule has 0 spiro atoms. The Balaban J connectivity index is 1.74. The number of benzene rings is 1. The second-order valence-electron chi connectivity index (χ2n) is 5.10. The number of hydrogen-bond acceptors (Lipinski definition) is 3. The zero-order valence-corrected chi connectivity index (χ0v) is 11.2. The molecule has 4 heteroatoms. The molecule has 0 amide bonds. The van der Waals surface area contributed by atoms with Crippen LogP contribution in [0.3, 0.4) is 0 Å². The highest BCUT2D eigenvalue weighted by molar-refractivity contribution is 5.38. The number of nitrogens with two attached hydrogens (primary N) is 1. The van der Waals surface area contributed by atoms with Gasteiger partial charge in [-0.15, -0.1) is 0 Å². The second kappa shape index (κ2) is 5.05. The molecule has 1 atom stereocenters. The van der Waals surface area contributed by atoms with Gasteiger partial charge in [-0.1, -0.05) is 6.07 Å². The van der Waals surface area contributed by atoms with Crippen LogP contribution in [-0.2, 0) is 20.1 Å². The van der Waals surface area contributed by atoms with E-state index in [4.69, 9.17) is 10.5 Å². The van der Waals surface area contributed by atoms with Crippen molar-refractivity contribution in [2.75, 3.05) is 0 Å². The second-order valence-corrected chi connectivity index (χ2v) is 5.10. The molecule has 0 bridgehead atoms. The molecular weight excluding hydrogens is 238 g/mol. The minimum absolute atomic E-state index is 0.187. The lowest BCUT2D eigenvalue weighted by atomic mass is 9.88. The average molecular weight is 257 g/mol. The molecule has 1 aliphatic rings. The molecule has 0 saturated heterocycles. The summed E-state index contributed by atoms with van der Waals surface area (Å²) in [5.41, 5.74) is 8.72. The molecule has 1 unspecified atom stereocenters. The van der Waals surface area contributed by atoms with Gasteiger partial charge in [-0.05, 0) is 42.5 Å². The molecule has 0 saturated carbocycles. The molecule has 0 aliphatic heterocycles. The summed E-state index contributed by atoms with van der Waals surface area (Å²) < 4.78 is 7.77. The Kier molecular flexibility index (Phi) is 3.25. The Hall–Kier alpha value is -1.81. The van der Waals surface area contributed by atoms with Crippen LogP contribution in [0.4, 0.5) is 0 Å². The van der Waals surface area contributed by atoms with Crippen LogP contribution in [0, 0.1) is 0 Å². The smallest absolute Gasteiger partial charge is 0.146 e. The van der Waals surface area contributed by atoms with E-state index in [0.717, 1.165) is 30.8 Å². The van der Waals surface area contributed by atoms with Gasteiger partial charge in [-0.25, -0.2) is 4.98 Å². The van der Waals surface area contributed by atoms with E-state index in [1.807, 2.05) is 23.9 Å². The van der Waals surface area contributed by atoms with Crippen LogP contribution in [0.2, 0.25) is 0 Å². The largest absolute Gasteiger partial charge is 0.486 e. The first-order chi connectivity index (χ1) is 9.24. The van der Waals surface area contributed by atoms with E-state index in [0.29, 0.717) is 6.61 Å². The van der Waals surface area contributed by atoms with Crippen molar-refractivity contribution < 1.29 is 4.74 Å². The van der Waals surface area contributed by atoms with Gasteiger partial charge < -0.3 is 15.0 Å². The Bertz CT molecular complexity index is 577. The third kappa shape index (κ3) is 2.49. The monoisotopic (exact) mass is 257 g/mol. The topological polar surface area (TPSA) is 53.1 Å². The molecule has 0 radical (unpaired) electrons. The predicted octanol–water partition coefficient (Wildman–Crippen LogP) is 2.34. The van der Waals surface area contributed by atoms with Crippen LogP contribution in [0.15, 0.2) is 30.6 Å². The fourth-order valence-electron chi connectivity index (χ4n) is 2.60. The third-order valence-corrected chi connectivity index (χ3v) is 3.76. The van der Waals surface area contributed by atoms with Crippen molar-refractivity contribution in [3.63, 3.8) is 0 Å². The van der Waals surface area contributed by atoms with E-state index in [2.05, 4.69) is 17.1 Å². The van der Waals surface area contributed by atoms with E-state index < -0.39 is 0 Å². The first kappa shape index (κ1) is 12.2. The minimum Gasteiger partial charge on any atom is -0.486 e. The van der Waals surface area contributed by atoms with Gasteiger partial charge in [-0.3, -0.25) is 0 Å². The molecule has 2 aromatic rings. The van der Waals surface area contributed by atoms with Gasteiger partial charge in [0.05, 0.1) is 0 Å². The van der Waals surface area contributed by atoms with Gasteiger partial charge in [0.25, 0.3) is 0 Å². The quantitative estimate of drug-likeness (QED) is 0.918. The number of nitrogens with zero attached hydrogens (tertiary/aromatic N) is 2. The molecule has 100 valence electrons. The lowest BCUT2D eigenvalue weighted by Crippen LogP contribution is -2.17. The average Bonchev–Trinajstić information content (AvgIpc) is 2.82. The van der Waals surface area contributed by atoms with Gasteiger partial charge in [-0.2, -0.15) is 0 Å². The van der Waals surface area contributed by atoms with Crippen LogP contribution in [0.25, 0.3) is 0 Å². The van der Waals surface area contributed by atoms with E-state index in [9.17, 15) is 0 Å². The van der Waals surface area contributed by atoms with Crippen molar-refractivity contribution in [3.8, 4) is 5.75 Å². The number of ether oxygens (including phenoxy) is 1. The summed E-state index contributed by atoms with van der Waals surface area (Å²) >= 11 is 0. The number of fused-ring (bicyclic) bond motifs is 1. The summed E-state index contributed by atoms with van der Waals surface area (Å²) in [5, 5.41) is 0. The van der Waals surface area contributed by atoms with Crippen molar-refractivity contribution in [2.45, 2.75) is 31.9 Å². The van der Waals surface area contributed by atoms with Crippen LogP contribution in [-0.4, -0.2) is 9.55 Å². The number of aryl methyl sites for hydroxylation is 2. The molecule has 3 rings (SSSR count).